The first kappa shape index (κ1) is 24.5. The number of rotatable bonds is 9. The molecule has 1 aliphatic rings. The number of carbonyl (C=O) groups excluding carboxylic acids is 1. The van der Waals surface area contributed by atoms with E-state index in [1.165, 1.54) is 12.1 Å². The van der Waals surface area contributed by atoms with Crippen LogP contribution in [-0.4, -0.2) is 65.2 Å². The molecular formula is C18H30ClN3O5S. The molecule has 1 aromatic rings. The van der Waals surface area contributed by atoms with Crippen LogP contribution in [0.4, 0.5) is 0 Å². The largest absolute Gasteiger partial charge is 0.490 e. The molecule has 2 rings (SSSR count). The van der Waals surface area contributed by atoms with E-state index in [1.54, 1.807) is 18.0 Å². The molecule has 0 spiro atoms. The third kappa shape index (κ3) is 6.51. The maximum absolute atomic E-state index is 12.6. The summed E-state index contributed by atoms with van der Waals surface area (Å²) in [7, 11) is -2.12. The highest BCUT2D eigenvalue weighted by molar-refractivity contribution is 7.89. The Balaban J connectivity index is 0.00000392. The second-order valence-electron chi connectivity index (χ2n) is 6.28. The van der Waals surface area contributed by atoms with Crippen LogP contribution in [-0.2, 0) is 14.8 Å². The van der Waals surface area contributed by atoms with E-state index in [2.05, 4.69) is 10.0 Å². The van der Waals surface area contributed by atoms with E-state index in [9.17, 15) is 13.2 Å². The van der Waals surface area contributed by atoms with Crippen LogP contribution in [0.1, 0.15) is 26.7 Å². The van der Waals surface area contributed by atoms with Gasteiger partial charge >= 0.3 is 0 Å². The molecule has 0 unspecified atom stereocenters. The molecule has 1 aromatic carbocycles. The van der Waals surface area contributed by atoms with Crippen molar-refractivity contribution in [3.8, 4) is 11.5 Å². The minimum Gasteiger partial charge on any atom is -0.490 e. The van der Waals surface area contributed by atoms with Crippen LogP contribution < -0.4 is 19.5 Å². The highest BCUT2D eigenvalue weighted by Gasteiger charge is 2.24. The zero-order chi connectivity index (χ0) is 19.9. The third-order valence-electron chi connectivity index (χ3n) is 4.49. The summed E-state index contributed by atoms with van der Waals surface area (Å²) in [6, 6.07) is 4.55. The Morgan fingerprint density at radius 2 is 1.79 bits per heavy atom. The van der Waals surface area contributed by atoms with Gasteiger partial charge in [-0.1, -0.05) is 0 Å². The van der Waals surface area contributed by atoms with Crippen LogP contribution in [0.15, 0.2) is 23.1 Å². The van der Waals surface area contributed by atoms with Gasteiger partial charge in [0.25, 0.3) is 0 Å². The Labute approximate surface area is 173 Å². The summed E-state index contributed by atoms with van der Waals surface area (Å²) in [4.78, 5) is 14.0. The van der Waals surface area contributed by atoms with E-state index >= 15 is 0 Å². The molecule has 1 aliphatic heterocycles. The average molecular weight is 436 g/mol. The van der Waals surface area contributed by atoms with Gasteiger partial charge in [-0.05, 0) is 51.9 Å². The molecule has 1 saturated heterocycles. The molecule has 28 heavy (non-hydrogen) atoms. The summed E-state index contributed by atoms with van der Waals surface area (Å²) in [6.45, 7) is 5.93. The molecular weight excluding hydrogens is 406 g/mol. The molecule has 0 aliphatic carbocycles. The fourth-order valence-electron chi connectivity index (χ4n) is 2.96. The number of likely N-dealkylation sites (N-methyl/N-ethyl adjacent to an activating group) is 1. The lowest BCUT2D eigenvalue weighted by atomic mass is 10.1. The maximum atomic E-state index is 12.6. The third-order valence-corrected chi connectivity index (χ3v) is 5.89. The number of carbonyl (C=O) groups is 1. The van der Waals surface area contributed by atoms with Crippen molar-refractivity contribution in [1.82, 2.24) is 14.9 Å². The van der Waals surface area contributed by atoms with Crippen molar-refractivity contribution in [2.75, 3.05) is 39.9 Å². The van der Waals surface area contributed by atoms with E-state index in [4.69, 9.17) is 9.47 Å². The minimum atomic E-state index is -3.84. The number of ether oxygens (including phenoxy) is 2. The van der Waals surface area contributed by atoms with Crippen molar-refractivity contribution in [1.29, 1.82) is 0 Å². The molecule has 0 atom stereocenters. The van der Waals surface area contributed by atoms with Gasteiger partial charge in [-0.15, -0.1) is 12.4 Å². The lowest BCUT2D eigenvalue weighted by Gasteiger charge is -2.31. The topological polar surface area (TPSA) is 97.0 Å². The number of sulfonamides is 1. The number of nitrogens with one attached hydrogen (secondary N) is 2. The summed E-state index contributed by atoms with van der Waals surface area (Å²) >= 11 is 0. The van der Waals surface area contributed by atoms with E-state index in [-0.39, 0.29) is 35.8 Å². The van der Waals surface area contributed by atoms with Crippen molar-refractivity contribution >= 4 is 28.3 Å². The van der Waals surface area contributed by atoms with Gasteiger partial charge in [0.15, 0.2) is 11.5 Å². The Morgan fingerprint density at radius 3 is 2.39 bits per heavy atom. The molecule has 8 nitrogen and oxygen atoms in total. The smallest absolute Gasteiger partial charge is 0.241 e. The first-order valence-electron chi connectivity index (χ1n) is 9.24. The molecule has 1 amide bonds. The quantitative estimate of drug-likeness (QED) is 0.608. The number of benzene rings is 1. The number of nitrogens with zero attached hydrogens (tertiary/aromatic N) is 1. The molecule has 0 bridgehead atoms. The molecule has 10 heteroatoms. The number of piperidine rings is 1. The predicted octanol–water partition coefficient (Wildman–Crippen LogP) is 1.39. The van der Waals surface area contributed by atoms with E-state index < -0.39 is 10.0 Å². The fourth-order valence-corrected chi connectivity index (χ4v) is 3.95. The summed E-state index contributed by atoms with van der Waals surface area (Å²) in [5, 5.41) is 3.24. The predicted molar refractivity (Wildman–Crippen MR) is 110 cm³/mol. The van der Waals surface area contributed by atoms with Crippen molar-refractivity contribution in [3.63, 3.8) is 0 Å². The van der Waals surface area contributed by atoms with Crippen LogP contribution in [0.3, 0.4) is 0 Å². The van der Waals surface area contributed by atoms with Crippen LogP contribution in [0.5, 0.6) is 11.5 Å². The van der Waals surface area contributed by atoms with E-state index in [0.29, 0.717) is 24.7 Å². The fraction of sp³-hybridized carbons (Fsp3) is 0.611. The maximum Gasteiger partial charge on any atom is 0.241 e. The van der Waals surface area contributed by atoms with Crippen molar-refractivity contribution in [3.05, 3.63) is 18.2 Å². The Kier molecular flexibility index (Phi) is 10.0. The van der Waals surface area contributed by atoms with Gasteiger partial charge in [-0.25, -0.2) is 13.1 Å². The Morgan fingerprint density at radius 1 is 1.18 bits per heavy atom. The van der Waals surface area contributed by atoms with Gasteiger partial charge < -0.3 is 19.7 Å². The Bertz CT molecular complexity index is 739. The zero-order valence-corrected chi connectivity index (χ0v) is 18.2. The number of halogens is 1. The molecule has 0 saturated carbocycles. The summed E-state index contributed by atoms with van der Waals surface area (Å²) in [5.41, 5.74) is 0. The lowest BCUT2D eigenvalue weighted by molar-refractivity contribution is -0.131. The molecule has 0 radical (unpaired) electrons. The summed E-state index contributed by atoms with van der Waals surface area (Å²) < 4.78 is 38.4. The van der Waals surface area contributed by atoms with Crippen molar-refractivity contribution in [2.45, 2.75) is 37.6 Å². The molecule has 2 N–H and O–H groups in total. The van der Waals surface area contributed by atoms with Crippen molar-refractivity contribution in [2.24, 2.45) is 0 Å². The van der Waals surface area contributed by atoms with Gasteiger partial charge in [0, 0.05) is 19.2 Å². The van der Waals surface area contributed by atoms with Crippen molar-refractivity contribution < 1.29 is 22.7 Å². The normalized spacial score (nSPS) is 14.8. The minimum absolute atomic E-state index is 0. The van der Waals surface area contributed by atoms with Crippen LogP contribution in [0, 0.1) is 0 Å². The number of hydrogen-bond acceptors (Lipinski definition) is 6. The monoisotopic (exact) mass is 435 g/mol. The SMILES string of the molecule is CCOc1ccc(S(=O)(=O)NCC(=O)N(C)C2CCNCC2)cc1OCC.Cl. The molecule has 160 valence electrons. The summed E-state index contributed by atoms with van der Waals surface area (Å²) in [6.07, 6.45) is 1.73. The van der Waals surface area contributed by atoms with Gasteiger partial charge in [0.2, 0.25) is 15.9 Å². The number of hydrogen-bond donors (Lipinski definition) is 2. The van der Waals surface area contributed by atoms with Crippen LogP contribution in [0.25, 0.3) is 0 Å². The van der Waals surface area contributed by atoms with E-state index in [0.717, 1.165) is 25.9 Å². The highest BCUT2D eigenvalue weighted by atomic mass is 35.5. The standard InChI is InChI=1S/C18H29N3O5S.ClH/c1-4-25-16-7-6-15(12-17(16)26-5-2)27(23,24)20-13-18(22)21(3)14-8-10-19-11-9-14;/h6-7,12,14,19-20H,4-5,8-11,13H2,1-3H3;1H. The van der Waals surface area contributed by atoms with Gasteiger partial charge in [0.1, 0.15) is 0 Å². The van der Waals surface area contributed by atoms with Gasteiger partial charge in [0.05, 0.1) is 24.7 Å². The van der Waals surface area contributed by atoms with Gasteiger partial charge in [-0.3, -0.25) is 4.79 Å². The molecule has 0 aromatic heterocycles. The summed E-state index contributed by atoms with van der Waals surface area (Å²) in [5.74, 6) is 0.599. The number of amides is 1. The second-order valence-corrected chi connectivity index (χ2v) is 8.05. The van der Waals surface area contributed by atoms with Crippen LogP contribution >= 0.6 is 12.4 Å². The lowest BCUT2D eigenvalue weighted by Crippen LogP contribution is -2.47. The van der Waals surface area contributed by atoms with Crippen LogP contribution in [0.2, 0.25) is 0 Å². The first-order chi connectivity index (χ1) is 12.9. The Hall–Kier alpha value is -1.55. The molecule has 1 heterocycles. The first-order valence-corrected chi connectivity index (χ1v) is 10.7. The van der Waals surface area contributed by atoms with E-state index in [1.807, 2.05) is 13.8 Å². The molecule has 1 fully saturated rings. The highest BCUT2D eigenvalue weighted by Crippen LogP contribution is 2.30. The second kappa shape index (κ2) is 11.5. The van der Waals surface area contributed by atoms with Gasteiger partial charge in [-0.2, -0.15) is 0 Å². The zero-order valence-electron chi connectivity index (χ0n) is 16.6. The average Bonchev–Trinajstić information content (AvgIpc) is 2.68.